The molecular weight excluding hydrogens is 198 g/mol. The molecule has 0 saturated carbocycles. The molecule has 1 aromatic carbocycles. The molecule has 0 aliphatic rings. The van der Waals surface area contributed by atoms with Crippen LogP contribution in [0.1, 0.15) is 39.2 Å². The Kier molecular flexibility index (Phi) is 4.36. The molecule has 2 nitrogen and oxygen atoms in total. The molecule has 0 radical (unpaired) electrons. The van der Waals surface area contributed by atoms with Crippen LogP contribution in [-0.4, -0.2) is 19.2 Å². The lowest BCUT2D eigenvalue weighted by Crippen LogP contribution is -2.39. The second-order valence-corrected chi connectivity index (χ2v) is 5.08. The first-order valence-electron chi connectivity index (χ1n) is 5.89. The van der Waals surface area contributed by atoms with Gasteiger partial charge in [0.1, 0.15) is 11.4 Å². The van der Waals surface area contributed by atoms with Crippen LogP contribution in [0.15, 0.2) is 24.3 Å². The van der Waals surface area contributed by atoms with Gasteiger partial charge in [-0.3, -0.25) is 0 Å². The van der Waals surface area contributed by atoms with E-state index in [9.17, 15) is 0 Å². The highest BCUT2D eigenvalue weighted by Gasteiger charge is 2.20. The Bertz CT molecular complexity index is 331. The van der Waals surface area contributed by atoms with Crippen molar-refractivity contribution in [3.8, 4) is 5.75 Å². The van der Waals surface area contributed by atoms with Gasteiger partial charge in [-0.1, -0.05) is 32.0 Å². The summed E-state index contributed by atoms with van der Waals surface area (Å²) in [6.07, 6.45) is 0. The molecule has 0 atom stereocenters. The predicted octanol–water partition coefficient (Wildman–Crippen LogP) is 3.19. The number of ether oxygens (including phenoxy) is 1. The van der Waals surface area contributed by atoms with Crippen LogP contribution < -0.4 is 10.1 Å². The van der Waals surface area contributed by atoms with Gasteiger partial charge in [0.2, 0.25) is 0 Å². The van der Waals surface area contributed by atoms with Gasteiger partial charge in [0, 0.05) is 6.54 Å². The van der Waals surface area contributed by atoms with Gasteiger partial charge < -0.3 is 10.1 Å². The maximum Gasteiger partial charge on any atom is 0.123 e. The summed E-state index contributed by atoms with van der Waals surface area (Å²) in [5.74, 6) is 1.49. The first kappa shape index (κ1) is 13.0. The van der Waals surface area contributed by atoms with E-state index in [1.165, 1.54) is 5.56 Å². The van der Waals surface area contributed by atoms with Crippen molar-refractivity contribution in [3.05, 3.63) is 29.8 Å². The molecule has 0 bridgehead atoms. The van der Waals surface area contributed by atoms with Crippen LogP contribution in [0.5, 0.6) is 5.75 Å². The Hall–Kier alpha value is -1.02. The van der Waals surface area contributed by atoms with Gasteiger partial charge in [0.05, 0.1) is 0 Å². The zero-order valence-corrected chi connectivity index (χ0v) is 11.0. The Balaban J connectivity index is 2.88. The molecule has 0 aliphatic heterocycles. The molecule has 1 N–H and O–H groups in total. The van der Waals surface area contributed by atoms with Crippen LogP contribution in [0.4, 0.5) is 0 Å². The molecule has 90 valence electrons. The average Bonchev–Trinajstić information content (AvgIpc) is 2.17. The van der Waals surface area contributed by atoms with Crippen molar-refractivity contribution in [2.45, 2.75) is 39.2 Å². The normalized spacial score (nSPS) is 11.9. The third-order valence-electron chi connectivity index (χ3n) is 2.53. The fourth-order valence-corrected chi connectivity index (χ4v) is 1.81. The molecule has 0 fully saturated rings. The Morgan fingerprint density at radius 3 is 2.44 bits per heavy atom. The van der Waals surface area contributed by atoms with Crippen LogP contribution in [-0.2, 0) is 0 Å². The minimum absolute atomic E-state index is 0.181. The third kappa shape index (κ3) is 3.53. The van der Waals surface area contributed by atoms with Gasteiger partial charge in [-0.2, -0.15) is 0 Å². The summed E-state index contributed by atoms with van der Waals surface area (Å²) in [6, 6.07) is 8.27. The first-order chi connectivity index (χ1) is 7.46. The molecule has 2 heteroatoms. The predicted molar refractivity (Wildman–Crippen MR) is 69.2 cm³/mol. The number of nitrogens with one attached hydrogen (secondary N) is 1. The summed E-state index contributed by atoms with van der Waals surface area (Å²) in [5.41, 5.74) is 1.09. The molecule has 0 heterocycles. The molecular formula is C14H23NO. The zero-order valence-electron chi connectivity index (χ0n) is 11.0. The van der Waals surface area contributed by atoms with Crippen LogP contribution in [0.2, 0.25) is 0 Å². The van der Waals surface area contributed by atoms with Crippen molar-refractivity contribution < 1.29 is 4.74 Å². The van der Waals surface area contributed by atoms with Crippen LogP contribution in [0, 0.1) is 0 Å². The number of benzene rings is 1. The number of rotatable bonds is 5. The van der Waals surface area contributed by atoms with Gasteiger partial charge in [-0.05, 0) is 38.4 Å². The highest BCUT2D eigenvalue weighted by molar-refractivity contribution is 5.36. The van der Waals surface area contributed by atoms with Gasteiger partial charge in [0.25, 0.3) is 0 Å². The average molecular weight is 221 g/mol. The van der Waals surface area contributed by atoms with Gasteiger partial charge in [-0.25, -0.2) is 0 Å². The number of hydrogen-bond acceptors (Lipinski definition) is 2. The largest absolute Gasteiger partial charge is 0.486 e. The standard InChI is InChI=1S/C14H23NO/c1-11(2)12-8-6-7-9-13(12)16-14(3,4)10-15-5/h6-9,11,15H,10H2,1-5H3. The minimum Gasteiger partial charge on any atom is -0.486 e. The van der Waals surface area contributed by atoms with E-state index in [0.29, 0.717) is 5.92 Å². The SMILES string of the molecule is CNCC(C)(C)Oc1ccccc1C(C)C. The van der Waals surface area contributed by atoms with E-state index < -0.39 is 0 Å². The summed E-state index contributed by atoms with van der Waals surface area (Å²) in [7, 11) is 1.94. The van der Waals surface area contributed by atoms with Crippen LogP contribution >= 0.6 is 0 Å². The zero-order chi connectivity index (χ0) is 12.2. The van der Waals surface area contributed by atoms with Crippen molar-refractivity contribution in [2.24, 2.45) is 0 Å². The van der Waals surface area contributed by atoms with E-state index in [4.69, 9.17) is 4.74 Å². The topological polar surface area (TPSA) is 21.3 Å². The van der Waals surface area contributed by atoms with E-state index in [2.05, 4.69) is 45.1 Å². The van der Waals surface area contributed by atoms with Crippen LogP contribution in [0.3, 0.4) is 0 Å². The van der Waals surface area contributed by atoms with E-state index in [1.54, 1.807) is 0 Å². The van der Waals surface area contributed by atoms with E-state index >= 15 is 0 Å². The van der Waals surface area contributed by atoms with Crippen molar-refractivity contribution in [2.75, 3.05) is 13.6 Å². The van der Waals surface area contributed by atoms with E-state index in [0.717, 1.165) is 12.3 Å². The van der Waals surface area contributed by atoms with E-state index in [-0.39, 0.29) is 5.60 Å². The number of likely N-dealkylation sites (N-methyl/N-ethyl adjacent to an activating group) is 1. The second kappa shape index (κ2) is 5.35. The van der Waals surface area contributed by atoms with Crippen LogP contribution in [0.25, 0.3) is 0 Å². The summed E-state index contributed by atoms with van der Waals surface area (Å²) in [4.78, 5) is 0. The van der Waals surface area contributed by atoms with E-state index in [1.807, 2.05) is 19.2 Å². The number of hydrogen-bond donors (Lipinski definition) is 1. The lowest BCUT2D eigenvalue weighted by molar-refractivity contribution is 0.109. The fourth-order valence-electron chi connectivity index (χ4n) is 1.81. The molecule has 0 aliphatic carbocycles. The van der Waals surface area contributed by atoms with Gasteiger partial charge >= 0.3 is 0 Å². The molecule has 0 unspecified atom stereocenters. The Morgan fingerprint density at radius 1 is 1.25 bits per heavy atom. The maximum absolute atomic E-state index is 6.07. The lowest BCUT2D eigenvalue weighted by atomic mass is 10.0. The highest BCUT2D eigenvalue weighted by Crippen LogP contribution is 2.28. The summed E-state index contributed by atoms with van der Waals surface area (Å²) in [5, 5.41) is 3.15. The highest BCUT2D eigenvalue weighted by atomic mass is 16.5. The minimum atomic E-state index is -0.181. The van der Waals surface area contributed by atoms with Crippen molar-refractivity contribution in [1.29, 1.82) is 0 Å². The van der Waals surface area contributed by atoms with Crippen molar-refractivity contribution >= 4 is 0 Å². The smallest absolute Gasteiger partial charge is 0.123 e. The molecule has 0 aromatic heterocycles. The van der Waals surface area contributed by atoms with Crippen molar-refractivity contribution in [1.82, 2.24) is 5.32 Å². The van der Waals surface area contributed by atoms with Gasteiger partial charge in [-0.15, -0.1) is 0 Å². The molecule has 16 heavy (non-hydrogen) atoms. The third-order valence-corrected chi connectivity index (χ3v) is 2.53. The first-order valence-corrected chi connectivity index (χ1v) is 5.89. The monoisotopic (exact) mass is 221 g/mol. The Labute approximate surface area is 99.0 Å². The second-order valence-electron chi connectivity index (χ2n) is 5.08. The molecule has 1 rings (SSSR count). The molecule has 0 spiro atoms. The molecule has 0 amide bonds. The number of para-hydroxylation sites is 1. The summed E-state index contributed by atoms with van der Waals surface area (Å²) < 4.78 is 6.07. The Morgan fingerprint density at radius 2 is 1.88 bits per heavy atom. The molecule has 1 aromatic rings. The quantitative estimate of drug-likeness (QED) is 0.824. The van der Waals surface area contributed by atoms with Crippen molar-refractivity contribution in [3.63, 3.8) is 0 Å². The maximum atomic E-state index is 6.07. The lowest BCUT2D eigenvalue weighted by Gasteiger charge is -2.28. The summed E-state index contributed by atoms with van der Waals surface area (Å²) >= 11 is 0. The molecule has 0 saturated heterocycles. The summed E-state index contributed by atoms with van der Waals surface area (Å²) in [6.45, 7) is 9.40. The fraction of sp³-hybridized carbons (Fsp3) is 0.571. The van der Waals surface area contributed by atoms with Gasteiger partial charge in [0.15, 0.2) is 0 Å².